The van der Waals surface area contributed by atoms with Gasteiger partial charge in [-0.15, -0.1) is 0 Å². The molecule has 3 nitrogen and oxygen atoms in total. The number of piperidine rings is 1. The van der Waals surface area contributed by atoms with Crippen molar-refractivity contribution in [3.05, 3.63) is 77.0 Å². The van der Waals surface area contributed by atoms with Crippen molar-refractivity contribution in [3.63, 3.8) is 0 Å². The number of benzene rings is 2. The molecule has 1 aliphatic carbocycles. The number of ketones is 1. The maximum Gasteiger partial charge on any atom is 0.159 e. The van der Waals surface area contributed by atoms with E-state index in [4.69, 9.17) is 0 Å². The van der Waals surface area contributed by atoms with Gasteiger partial charge in [-0.2, -0.15) is 0 Å². The van der Waals surface area contributed by atoms with E-state index >= 15 is 0 Å². The SMILES string of the molecule is C[C@]12C[C@@H]3CC(=O)/C(=C/c4ccccc4)C[C@H]3CN1CCc1c2[nH]c2ccccc12. The minimum atomic E-state index is 0.00863. The lowest BCUT2D eigenvalue weighted by molar-refractivity contribution is -0.121. The van der Waals surface area contributed by atoms with E-state index < -0.39 is 0 Å². The minimum Gasteiger partial charge on any atom is -0.357 e. The molecule has 3 aromatic rings. The summed E-state index contributed by atoms with van der Waals surface area (Å²) in [5.74, 6) is 1.41. The van der Waals surface area contributed by atoms with Crippen molar-refractivity contribution in [2.75, 3.05) is 13.1 Å². The van der Waals surface area contributed by atoms with Gasteiger partial charge in [-0.3, -0.25) is 9.69 Å². The molecule has 0 radical (unpaired) electrons. The van der Waals surface area contributed by atoms with E-state index in [1.807, 2.05) is 18.2 Å². The van der Waals surface area contributed by atoms with Gasteiger partial charge in [0, 0.05) is 36.1 Å². The number of aromatic nitrogens is 1. The van der Waals surface area contributed by atoms with E-state index in [-0.39, 0.29) is 5.54 Å². The number of rotatable bonds is 1. The van der Waals surface area contributed by atoms with E-state index in [1.54, 1.807) is 0 Å². The van der Waals surface area contributed by atoms with Gasteiger partial charge >= 0.3 is 0 Å². The van der Waals surface area contributed by atoms with E-state index in [0.29, 0.717) is 24.0 Å². The first-order chi connectivity index (χ1) is 14.6. The second-order valence-corrected chi connectivity index (χ2v) is 9.63. The van der Waals surface area contributed by atoms with Crippen LogP contribution in [0.15, 0.2) is 60.2 Å². The number of hydrogen-bond donors (Lipinski definition) is 1. The Morgan fingerprint density at radius 3 is 2.70 bits per heavy atom. The van der Waals surface area contributed by atoms with Crippen LogP contribution in [-0.2, 0) is 16.8 Å². The summed E-state index contributed by atoms with van der Waals surface area (Å²) >= 11 is 0. The van der Waals surface area contributed by atoms with Gasteiger partial charge in [0.15, 0.2) is 5.78 Å². The normalized spacial score (nSPS) is 30.2. The fraction of sp³-hybridized carbons (Fsp3) is 0.370. The highest BCUT2D eigenvalue weighted by molar-refractivity contribution is 6.00. The van der Waals surface area contributed by atoms with Crippen molar-refractivity contribution in [1.82, 2.24) is 9.88 Å². The van der Waals surface area contributed by atoms with Crippen LogP contribution < -0.4 is 0 Å². The third-order valence-corrected chi connectivity index (χ3v) is 7.89. The minimum absolute atomic E-state index is 0.00863. The number of nitrogens with zero attached hydrogens (tertiary/aromatic N) is 1. The smallest absolute Gasteiger partial charge is 0.159 e. The largest absolute Gasteiger partial charge is 0.357 e. The quantitative estimate of drug-likeness (QED) is 0.565. The van der Waals surface area contributed by atoms with Crippen molar-refractivity contribution in [2.45, 2.75) is 38.1 Å². The van der Waals surface area contributed by atoms with Gasteiger partial charge in [0.1, 0.15) is 0 Å². The monoisotopic (exact) mass is 396 g/mol. The first-order valence-electron chi connectivity index (χ1n) is 11.3. The van der Waals surface area contributed by atoms with Crippen LogP contribution in [0, 0.1) is 11.8 Å². The Balaban J connectivity index is 1.32. The second kappa shape index (κ2) is 6.68. The number of aromatic amines is 1. The van der Waals surface area contributed by atoms with Crippen LogP contribution in [0.4, 0.5) is 0 Å². The lowest BCUT2D eigenvalue weighted by Crippen LogP contribution is -2.57. The average Bonchev–Trinajstić information content (AvgIpc) is 3.14. The molecule has 1 N–H and O–H groups in total. The first-order valence-corrected chi connectivity index (χ1v) is 11.3. The Morgan fingerprint density at radius 1 is 1.03 bits per heavy atom. The number of carbonyl (C=O) groups is 1. The number of para-hydroxylation sites is 1. The molecule has 0 spiro atoms. The summed E-state index contributed by atoms with van der Waals surface area (Å²) in [6.45, 7) is 4.60. The van der Waals surface area contributed by atoms with Gasteiger partial charge in [-0.1, -0.05) is 48.5 Å². The number of Topliss-reactive ketones (excluding diaryl/α,β-unsaturated/α-hetero) is 1. The molecule has 1 saturated carbocycles. The van der Waals surface area contributed by atoms with Crippen molar-refractivity contribution >= 4 is 22.8 Å². The molecule has 0 unspecified atom stereocenters. The topological polar surface area (TPSA) is 36.1 Å². The van der Waals surface area contributed by atoms with Gasteiger partial charge in [0.2, 0.25) is 0 Å². The standard InChI is InChI=1S/C27H28N2O/c1-27-16-20-15-25(30)19(13-18-7-3-2-4-8-18)14-21(20)17-29(27)12-11-23-22-9-5-6-10-24(22)28-26(23)27/h2-10,13,20-21,28H,11-12,14-17H2,1H3/b19-13+/t20-,21-,27+/m0/s1. The molecular weight excluding hydrogens is 368 g/mol. The molecule has 3 heteroatoms. The summed E-state index contributed by atoms with van der Waals surface area (Å²) in [6, 6.07) is 19.0. The third kappa shape index (κ3) is 2.72. The summed E-state index contributed by atoms with van der Waals surface area (Å²) in [5.41, 5.74) is 6.31. The van der Waals surface area contributed by atoms with Gasteiger partial charge in [-0.25, -0.2) is 0 Å². The molecule has 6 rings (SSSR count). The molecule has 3 atom stereocenters. The summed E-state index contributed by atoms with van der Waals surface area (Å²) in [5, 5.41) is 1.38. The molecule has 30 heavy (non-hydrogen) atoms. The summed E-state index contributed by atoms with van der Waals surface area (Å²) in [7, 11) is 0. The maximum absolute atomic E-state index is 13.0. The van der Waals surface area contributed by atoms with Crippen LogP contribution in [0.5, 0.6) is 0 Å². The van der Waals surface area contributed by atoms with Crippen molar-refractivity contribution < 1.29 is 4.79 Å². The Labute approximate surface area is 177 Å². The van der Waals surface area contributed by atoms with Crippen LogP contribution in [0.1, 0.15) is 43.0 Å². The first kappa shape index (κ1) is 18.1. The Morgan fingerprint density at radius 2 is 1.83 bits per heavy atom. The zero-order valence-electron chi connectivity index (χ0n) is 17.5. The molecule has 1 saturated heterocycles. The van der Waals surface area contributed by atoms with Crippen molar-refractivity contribution in [3.8, 4) is 0 Å². The molecule has 2 aromatic carbocycles. The van der Waals surface area contributed by atoms with E-state index in [0.717, 1.165) is 43.5 Å². The van der Waals surface area contributed by atoms with Crippen molar-refractivity contribution in [2.24, 2.45) is 11.8 Å². The number of hydrogen-bond acceptors (Lipinski definition) is 2. The van der Waals surface area contributed by atoms with E-state index in [1.165, 1.54) is 22.2 Å². The molecule has 2 fully saturated rings. The zero-order chi connectivity index (χ0) is 20.3. The highest BCUT2D eigenvalue weighted by Gasteiger charge is 2.49. The van der Waals surface area contributed by atoms with Gasteiger partial charge in [0.25, 0.3) is 0 Å². The molecule has 0 bridgehead atoms. The van der Waals surface area contributed by atoms with E-state index in [9.17, 15) is 4.79 Å². The molecule has 0 amide bonds. The number of H-pyrrole nitrogens is 1. The second-order valence-electron chi connectivity index (χ2n) is 9.63. The molecule has 152 valence electrons. The van der Waals surface area contributed by atoms with Crippen molar-refractivity contribution in [1.29, 1.82) is 0 Å². The Bertz CT molecular complexity index is 1160. The third-order valence-electron chi connectivity index (χ3n) is 7.89. The zero-order valence-corrected chi connectivity index (χ0v) is 17.5. The fourth-order valence-corrected chi connectivity index (χ4v) is 6.33. The predicted octanol–water partition coefficient (Wildman–Crippen LogP) is 5.32. The molecule has 1 aromatic heterocycles. The van der Waals surface area contributed by atoms with Crippen LogP contribution in [0.3, 0.4) is 0 Å². The number of carbonyl (C=O) groups excluding carboxylic acids is 1. The fourth-order valence-electron chi connectivity index (χ4n) is 6.33. The van der Waals surface area contributed by atoms with Gasteiger partial charge < -0.3 is 4.98 Å². The van der Waals surface area contributed by atoms with Crippen LogP contribution >= 0.6 is 0 Å². The number of nitrogens with one attached hydrogen (secondary N) is 1. The lowest BCUT2D eigenvalue weighted by atomic mass is 9.65. The van der Waals surface area contributed by atoms with Gasteiger partial charge in [-0.05, 0) is 66.9 Å². The molecular formula is C27H28N2O. The Kier molecular flexibility index (Phi) is 4.04. The van der Waals surface area contributed by atoms with Crippen LogP contribution in [0.2, 0.25) is 0 Å². The molecule has 2 aliphatic heterocycles. The van der Waals surface area contributed by atoms with Crippen LogP contribution in [-0.4, -0.2) is 28.8 Å². The highest BCUT2D eigenvalue weighted by Crippen LogP contribution is 2.50. The highest BCUT2D eigenvalue weighted by atomic mass is 16.1. The Hall–Kier alpha value is -2.65. The maximum atomic E-state index is 13.0. The number of allylic oxidation sites excluding steroid dienone is 1. The lowest BCUT2D eigenvalue weighted by Gasteiger charge is -2.54. The summed E-state index contributed by atoms with van der Waals surface area (Å²) in [6.07, 6.45) is 5.92. The van der Waals surface area contributed by atoms with E-state index in [2.05, 4.69) is 59.3 Å². The summed E-state index contributed by atoms with van der Waals surface area (Å²) < 4.78 is 0. The predicted molar refractivity (Wildman–Crippen MR) is 121 cm³/mol. The summed E-state index contributed by atoms with van der Waals surface area (Å²) in [4.78, 5) is 19.5. The number of fused-ring (bicyclic) bond motifs is 6. The molecule has 3 heterocycles. The van der Waals surface area contributed by atoms with Gasteiger partial charge in [0.05, 0.1) is 5.54 Å². The molecule has 3 aliphatic rings. The average molecular weight is 397 g/mol. The van der Waals surface area contributed by atoms with Crippen LogP contribution in [0.25, 0.3) is 17.0 Å².